The van der Waals surface area contributed by atoms with E-state index in [9.17, 15) is 21.6 Å². The zero-order chi connectivity index (χ0) is 15.7. The van der Waals surface area contributed by atoms with Crippen LogP contribution in [0.4, 0.5) is 13.2 Å². The van der Waals surface area contributed by atoms with Crippen molar-refractivity contribution in [3.05, 3.63) is 35.9 Å². The second-order valence-corrected chi connectivity index (χ2v) is 7.15. The molecule has 0 fully saturated rings. The first kappa shape index (κ1) is 15.8. The third-order valence-electron chi connectivity index (χ3n) is 3.50. The molecule has 1 aliphatic rings. The van der Waals surface area contributed by atoms with Crippen molar-refractivity contribution in [2.24, 2.45) is 5.10 Å². The highest BCUT2D eigenvalue weighted by atomic mass is 32.2. The van der Waals surface area contributed by atoms with E-state index in [0.29, 0.717) is 0 Å². The van der Waals surface area contributed by atoms with E-state index in [2.05, 4.69) is 5.10 Å². The number of halogens is 3. The molecule has 0 aliphatic carbocycles. The Hall–Kier alpha value is -1.57. The molecule has 1 aromatic rings. The smallest absolute Gasteiger partial charge is 0.293 e. The number of aryl methyl sites for hydroxylation is 1. The number of alkyl halides is 3. The molecule has 116 valence electrons. The topological polar surface area (TPSA) is 58.5 Å². The van der Waals surface area contributed by atoms with Crippen molar-refractivity contribution < 1.29 is 21.6 Å². The van der Waals surface area contributed by atoms with Crippen molar-refractivity contribution in [2.75, 3.05) is 6.26 Å². The molecule has 21 heavy (non-hydrogen) atoms. The molecule has 0 aromatic heterocycles. The summed E-state index contributed by atoms with van der Waals surface area (Å²) in [4.78, 5) is 0. The Morgan fingerprint density at radius 2 is 1.90 bits per heavy atom. The lowest BCUT2D eigenvalue weighted by Crippen LogP contribution is -2.53. The predicted octanol–water partition coefficient (Wildman–Crippen LogP) is 2.27. The van der Waals surface area contributed by atoms with Crippen molar-refractivity contribution in [3.63, 3.8) is 0 Å². The predicted molar refractivity (Wildman–Crippen MR) is 73.6 cm³/mol. The van der Waals surface area contributed by atoms with Gasteiger partial charge in [-0.3, -0.25) is 5.43 Å². The first-order chi connectivity index (χ1) is 9.64. The van der Waals surface area contributed by atoms with Crippen LogP contribution in [0.3, 0.4) is 0 Å². The molecule has 2 rings (SSSR count). The van der Waals surface area contributed by atoms with E-state index >= 15 is 0 Å². The van der Waals surface area contributed by atoms with Gasteiger partial charge in [-0.05, 0) is 18.4 Å². The third-order valence-corrected chi connectivity index (χ3v) is 4.59. The minimum absolute atomic E-state index is 0.180. The summed E-state index contributed by atoms with van der Waals surface area (Å²) >= 11 is 0. The molecule has 0 bridgehead atoms. The summed E-state index contributed by atoms with van der Waals surface area (Å²) in [7, 11) is -3.73. The number of hydrogen-bond acceptors (Lipinski definition) is 4. The van der Waals surface area contributed by atoms with Crippen molar-refractivity contribution >= 4 is 14.9 Å². The number of sulfone groups is 1. The molecule has 8 heteroatoms. The van der Waals surface area contributed by atoms with Crippen LogP contribution in [-0.2, 0) is 16.3 Å². The van der Waals surface area contributed by atoms with Crippen LogP contribution in [0.15, 0.2) is 35.4 Å². The Kier molecular flexibility index (Phi) is 4.01. The second-order valence-electron chi connectivity index (χ2n) is 5.13. The maximum atomic E-state index is 13.3. The lowest BCUT2D eigenvalue weighted by atomic mass is 9.89. The van der Waals surface area contributed by atoms with E-state index in [1.165, 1.54) is 0 Å². The fourth-order valence-corrected chi connectivity index (χ4v) is 2.89. The minimum Gasteiger partial charge on any atom is -0.293 e. The van der Waals surface area contributed by atoms with E-state index in [0.717, 1.165) is 11.8 Å². The van der Waals surface area contributed by atoms with Crippen molar-refractivity contribution in [1.82, 2.24) is 5.43 Å². The minimum atomic E-state index is -4.59. The Labute approximate surface area is 121 Å². The average molecular weight is 320 g/mol. The van der Waals surface area contributed by atoms with Crippen molar-refractivity contribution in [2.45, 2.75) is 31.0 Å². The SMILES string of the molecule is CS(=O)(=O)C1=NNC(CCc2ccccc2)(C(F)(F)F)C1. The van der Waals surface area contributed by atoms with Crippen LogP contribution in [0.2, 0.25) is 0 Å². The van der Waals surface area contributed by atoms with Crippen LogP contribution in [0.5, 0.6) is 0 Å². The van der Waals surface area contributed by atoms with Gasteiger partial charge in [0.25, 0.3) is 0 Å². The van der Waals surface area contributed by atoms with Gasteiger partial charge in [-0.15, -0.1) is 0 Å². The lowest BCUT2D eigenvalue weighted by Gasteiger charge is -2.31. The number of benzene rings is 1. The van der Waals surface area contributed by atoms with Gasteiger partial charge < -0.3 is 0 Å². The fourth-order valence-electron chi connectivity index (χ4n) is 2.17. The number of nitrogens with zero attached hydrogens (tertiary/aromatic N) is 1. The summed E-state index contributed by atoms with van der Waals surface area (Å²) in [5.41, 5.74) is 0.462. The normalized spacial score (nSPS) is 22.8. The van der Waals surface area contributed by atoms with Gasteiger partial charge in [0.2, 0.25) is 0 Å². The first-order valence-corrected chi connectivity index (χ1v) is 8.18. The van der Waals surface area contributed by atoms with Gasteiger partial charge in [-0.1, -0.05) is 30.3 Å². The summed E-state index contributed by atoms with van der Waals surface area (Å²) in [5.74, 6) is 0. The summed E-state index contributed by atoms with van der Waals surface area (Å²) < 4.78 is 62.8. The second kappa shape index (κ2) is 5.32. The van der Waals surface area contributed by atoms with Gasteiger partial charge in [0.05, 0.1) is 0 Å². The molecular weight excluding hydrogens is 305 g/mol. The number of hydrazone groups is 1. The van der Waals surface area contributed by atoms with Crippen LogP contribution in [0.25, 0.3) is 0 Å². The molecular formula is C13H15F3N2O2S. The standard InChI is InChI=1S/C13H15F3N2O2S/c1-21(19,20)11-9-12(18-17-11,13(14,15)16)8-7-10-5-3-2-4-6-10/h2-6,18H,7-9H2,1H3. The number of hydrogen-bond donors (Lipinski definition) is 1. The van der Waals surface area contributed by atoms with Crippen molar-refractivity contribution in [3.8, 4) is 0 Å². The van der Waals surface area contributed by atoms with Gasteiger partial charge in [0.1, 0.15) is 0 Å². The van der Waals surface area contributed by atoms with E-state index in [-0.39, 0.29) is 12.8 Å². The van der Waals surface area contributed by atoms with Crippen molar-refractivity contribution in [1.29, 1.82) is 0 Å². The number of rotatable bonds is 3. The Bertz CT molecular complexity index is 641. The van der Waals surface area contributed by atoms with Gasteiger partial charge in [0.15, 0.2) is 20.4 Å². The van der Waals surface area contributed by atoms with Gasteiger partial charge in [-0.2, -0.15) is 18.3 Å². The Balaban J connectivity index is 2.18. The van der Waals surface area contributed by atoms with Crippen LogP contribution in [0, 0.1) is 0 Å². The van der Waals surface area contributed by atoms with E-state index in [1.54, 1.807) is 30.3 Å². The molecule has 4 nitrogen and oxygen atoms in total. The van der Waals surface area contributed by atoms with Gasteiger partial charge >= 0.3 is 6.18 Å². The van der Waals surface area contributed by atoms with Crippen LogP contribution >= 0.6 is 0 Å². The molecule has 0 radical (unpaired) electrons. The molecule has 1 atom stereocenters. The van der Waals surface area contributed by atoms with E-state index in [1.807, 2.05) is 5.43 Å². The molecule has 0 saturated heterocycles. The summed E-state index contributed by atoms with van der Waals surface area (Å²) in [5, 5.41) is 2.95. The summed E-state index contributed by atoms with van der Waals surface area (Å²) in [6, 6.07) is 8.74. The summed E-state index contributed by atoms with van der Waals surface area (Å²) in [6.45, 7) is 0. The largest absolute Gasteiger partial charge is 0.413 e. The first-order valence-electron chi connectivity index (χ1n) is 6.28. The molecule has 1 aromatic carbocycles. The number of nitrogens with one attached hydrogen (secondary N) is 1. The average Bonchev–Trinajstić information content (AvgIpc) is 2.83. The quantitative estimate of drug-likeness (QED) is 0.929. The maximum Gasteiger partial charge on any atom is 0.413 e. The molecule has 1 heterocycles. The monoisotopic (exact) mass is 320 g/mol. The zero-order valence-corrected chi connectivity index (χ0v) is 12.1. The molecule has 1 aliphatic heterocycles. The summed E-state index contributed by atoms with van der Waals surface area (Å²) in [6.07, 6.45) is -4.49. The fraction of sp³-hybridized carbons (Fsp3) is 0.462. The van der Waals surface area contributed by atoms with Crippen LogP contribution in [0.1, 0.15) is 18.4 Å². The van der Waals surface area contributed by atoms with Crippen LogP contribution < -0.4 is 5.43 Å². The maximum absolute atomic E-state index is 13.3. The van der Waals surface area contributed by atoms with Gasteiger partial charge in [-0.25, -0.2) is 8.42 Å². The highest BCUT2D eigenvalue weighted by Gasteiger charge is 2.58. The lowest BCUT2D eigenvalue weighted by molar-refractivity contribution is -0.194. The molecule has 0 saturated carbocycles. The Morgan fingerprint density at radius 1 is 1.29 bits per heavy atom. The van der Waals surface area contributed by atoms with Gasteiger partial charge in [0, 0.05) is 12.7 Å². The van der Waals surface area contributed by atoms with Crippen LogP contribution in [-0.4, -0.2) is 31.4 Å². The highest BCUT2D eigenvalue weighted by molar-refractivity contribution is 8.05. The molecule has 1 unspecified atom stereocenters. The molecule has 0 amide bonds. The molecule has 0 spiro atoms. The zero-order valence-electron chi connectivity index (χ0n) is 11.3. The highest BCUT2D eigenvalue weighted by Crippen LogP contribution is 2.40. The molecule has 1 N–H and O–H groups in total. The third kappa shape index (κ3) is 3.37. The van der Waals surface area contributed by atoms with E-state index in [4.69, 9.17) is 0 Å². The van der Waals surface area contributed by atoms with E-state index < -0.39 is 33.0 Å². The Morgan fingerprint density at radius 3 is 2.38 bits per heavy atom.